The fraction of sp³-hybridized carbons (Fsp3) is 0.176. The molecule has 0 saturated carbocycles. The molecule has 4 rings (SSSR count). The van der Waals surface area contributed by atoms with E-state index in [1.165, 1.54) is 29.4 Å². The van der Waals surface area contributed by atoms with Crippen molar-refractivity contribution in [2.24, 2.45) is 0 Å². The van der Waals surface area contributed by atoms with E-state index in [0.717, 1.165) is 31.2 Å². The number of nitrogens with zero attached hydrogens (tertiary/aromatic N) is 3. The minimum Gasteiger partial charge on any atom is -0.494 e. The van der Waals surface area contributed by atoms with E-state index in [4.69, 9.17) is 4.74 Å². The molecular weight excluding hydrogens is 388 g/mol. The molecule has 0 aliphatic heterocycles. The van der Waals surface area contributed by atoms with E-state index in [1.54, 1.807) is 11.3 Å². The fourth-order valence-electron chi connectivity index (χ4n) is 2.37. The average Bonchev–Trinajstić information content (AvgIpc) is 3.26. The molecule has 0 bridgehead atoms. The summed E-state index contributed by atoms with van der Waals surface area (Å²) in [7, 11) is 0. The third kappa shape index (κ3) is 3.64. The SMILES string of the molecule is CCOc1ccc2nc(NC(=O)CSc3ncnc4ccsc34)sc2c1. The Balaban J connectivity index is 1.43. The highest BCUT2D eigenvalue weighted by molar-refractivity contribution is 8.00. The normalized spacial score (nSPS) is 11.1. The number of hydrogen-bond acceptors (Lipinski definition) is 8. The predicted octanol–water partition coefficient (Wildman–Crippen LogP) is 4.43. The standard InChI is InChI=1S/C17H14N4O2S3/c1-2-23-10-3-4-11-13(7-10)26-17(20-11)21-14(22)8-25-16-15-12(5-6-24-15)18-9-19-16/h3-7,9H,2,8H2,1H3,(H,20,21,22). The second-order valence-electron chi connectivity index (χ2n) is 5.23. The summed E-state index contributed by atoms with van der Waals surface area (Å²) >= 11 is 4.42. The van der Waals surface area contributed by atoms with Crippen LogP contribution in [0.25, 0.3) is 20.4 Å². The van der Waals surface area contributed by atoms with Gasteiger partial charge in [-0.15, -0.1) is 11.3 Å². The molecule has 4 aromatic rings. The van der Waals surface area contributed by atoms with E-state index in [2.05, 4.69) is 20.3 Å². The van der Waals surface area contributed by atoms with Crippen LogP contribution in [0, 0.1) is 0 Å². The maximum Gasteiger partial charge on any atom is 0.236 e. The second kappa shape index (κ2) is 7.56. The molecule has 132 valence electrons. The summed E-state index contributed by atoms with van der Waals surface area (Å²) in [6.07, 6.45) is 1.53. The number of anilines is 1. The number of ether oxygens (including phenoxy) is 1. The number of thioether (sulfide) groups is 1. The Morgan fingerprint density at radius 3 is 3.08 bits per heavy atom. The van der Waals surface area contributed by atoms with Gasteiger partial charge < -0.3 is 10.1 Å². The first-order chi connectivity index (χ1) is 12.7. The van der Waals surface area contributed by atoms with Gasteiger partial charge in [-0.25, -0.2) is 15.0 Å². The lowest BCUT2D eigenvalue weighted by atomic mass is 10.3. The Morgan fingerprint density at radius 1 is 1.27 bits per heavy atom. The van der Waals surface area contributed by atoms with Gasteiger partial charge in [0.25, 0.3) is 0 Å². The topological polar surface area (TPSA) is 77.0 Å². The number of hydrogen-bond donors (Lipinski definition) is 1. The first-order valence-corrected chi connectivity index (χ1v) is 10.6. The Labute approximate surface area is 161 Å². The molecule has 0 aliphatic rings. The van der Waals surface area contributed by atoms with E-state index in [9.17, 15) is 4.79 Å². The van der Waals surface area contributed by atoms with Gasteiger partial charge in [0.05, 0.1) is 32.8 Å². The van der Waals surface area contributed by atoms with Gasteiger partial charge in [0, 0.05) is 0 Å². The van der Waals surface area contributed by atoms with Crippen LogP contribution in [-0.2, 0) is 4.79 Å². The van der Waals surface area contributed by atoms with E-state index in [-0.39, 0.29) is 11.7 Å². The van der Waals surface area contributed by atoms with Crippen molar-refractivity contribution in [1.29, 1.82) is 0 Å². The quantitative estimate of drug-likeness (QED) is 0.380. The zero-order valence-electron chi connectivity index (χ0n) is 13.8. The summed E-state index contributed by atoms with van der Waals surface area (Å²) in [6.45, 7) is 2.56. The van der Waals surface area contributed by atoms with Gasteiger partial charge in [0.1, 0.15) is 17.1 Å². The maximum atomic E-state index is 12.3. The molecule has 0 aliphatic carbocycles. The van der Waals surface area contributed by atoms with Crippen LogP contribution in [0.3, 0.4) is 0 Å². The van der Waals surface area contributed by atoms with Crippen molar-refractivity contribution in [2.45, 2.75) is 11.9 Å². The fourth-order valence-corrected chi connectivity index (χ4v) is 5.03. The zero-order chi connectivity index (χ0) is 17.9. The highest BCUT2D eigenvalue weighted by atomic mass is 32.2. The Bertz CT molecular complexity index is 1080. The van der Waals surface area contributed by atoms with E-state index in [0.29, 0.717) is 11.7 Å². The van der Waals surface area contributed by atoms with Crippen molar-refractivity contribution in [3.05, 3.63) is 36.0 Å². The Kier molecular flexibility index (Phi) is 5.00. The van der Waals surface area contributed by atoms with Gasteiger partial charge in [-0.05, 0) is 36.6 Å². The first kappa shape index (κ1) is 17.2. The molecule has 3 aromatic heterocycles. The van der Waals surface area contributed by atoms with E-state index < -0.39 is 0 Å². The lowest BCUT2D eigenvalue weighted by molar-refractivity contribution is -0.113. The van der Waals surface area contributed by atoms with Crippen LogP contribution in [0.5, 0.6) is 5.75 Å². The number of thiazole rings is 1. The summed E-state index contributed by atoms with van der Waals surface area (Å²) in [6, 6.07) is 7.67. The molecule has 26 heavy (non-hydrogen) atoms. The summed E-state index contributed by atoms with van der Waals surface area (Å²) in [5.41, 5.74) is 1.75. The number of benzene rings is 1. The van der Waals surface area contributed by atoms with Crippen LogP contribution in [-0.4, -0.2) is 33.2 Å². The number of carbonyl (C=O) groups is 1. The maximum absolute atomic E-state index is 12.3. The number of fused-ring (bicyclic) bond motifs is 2. The highest BCUT2D eigenvalue weighted by Gasteiger charge is 2.11. The number of aromatic nitrogens is 3. The summed E-state index contributed by atoms with van der Waals surface area (Å²) in [5, 5.41) is 6.25. The van der Waals surface area contributed by atoms with Crippen LogP contribution >= 0.6 is 34.4 Å². The summed E-state index contributed by atoms with van der Waals surface area (Å²) in [4.78, 5) is 25.2. The predicted molar refractivity (Wildman–Crippen MR) is 108 cm³/mol. The van der Waals surface area contributed by atoms with E-state index in [1.807, 2.05) is 36.6 Å². The van der Waals surface area contributed by atoms with Crippen molar-refractivity contribution in [3.8, 4) is 5.75 Å². The van der Waals surface area contributed by atoms with Gasteiger partial charge in [0.15, 0.2) is 5.13 Å². The zero-order valence-corrected chi connectivity index (χ0v) is 16.2. The molecule has 9 heteroatoms. The van der Waals surface area contributed by atoms with Crippen LogP contribution in [0.4, 0.5) is 5.13 Å². The minimum atomic E-state index is -0.109. The van der Waals surface area contributed by atoms with Gasteiger partial charge >= 0.3 is 0 Å². The van der Waals surface area contributed by atoms with Gasteiger partial charge in [-0.3, -0.25) is 4.79 Å². The molecule has 1 N–H and O–H groups in total. The van der Waals surface area contributed by atoms with Crippen LogP contribution in [0.1, 0.15) is 6.92 Å². The monoisotopic (exact) mass is 402 g/mol. The lowest BCUT2D eigenvalue weighted by Crippen LogP contribution is -2.13. The van der Waals surface area contributed by atoms with Gasteiger partial charge in [0.2, 0.25) is 5.91 Å². The average molecular weight is 403 g/mol. The number of nitrogens with one attached hydrogen (secondary N) is 1. The van der Waals surface area contributed by atoms with Crippen molar-refractivity contribution in [1.82, 2.24) is 15.0 Å². The molecule has 1 amide bonds. The summed E-state index contributed by atoms with van der Waals surface area (Å²) < 4.78 is 7.49. The van der Waals surface area contributed by atoms with Crippen molar-refractivity contribution >= 4 is 65.9 Å². The molecule has 3 heterocycles. The molecule has 0 saturated heterocycles. The second-order valence-corrected chi connectivity index (χ2v) is 8.14. The molecule has 0 unspecified atom stereocenters. The number of rotatable bonds is 6. The minimum absolute atomic E-state index is 0.109. The van der Waals surface area contributed by atoms with Crippen LogP contribution < -0.4 is 10.1 Å². The number of amides is 1. The molecule has 0 radical (unpaired) electrons. The number of thiophene rings is 1. The summed E-state index contributed by atoms with van der Waals surface area (Å²) in [5.74, 6) is 0.965. The lowest BCUT2D eigenvalue weighted by Gasteiger charge is -2.02. The molecule has 0 atom stereocenters. The Hall–Kier alpha value is -2.23. The molecular formula is C17H14N4O2S3. The third-order valence-corrected chi connectivity index (χ3v) is 6.43. The third-order valence-electron chi connectivity index (χ3n) is 3.47. The van der Waals surface area contributed by atoms with Gasteiger partial charge in [-0.1, -0.05) is 23.1 Å². The van der Waals surface area contributed by atoms with Crippen molar-refractivity contribution in [2.75, 3.05) is 17.7 Å². The van der Waals surface area contributed by atoms with Crippen LogP contribution in [0.15, 0.2) is 41.0 Å². The highest BCUT2D eigenvalue weighted by Crippen LogP contribution is 2.31. The van der Waals surface area contributed by atoms with Crippen molar-refractivity contribution < 1.29 is 9.53 Å². The number of carbonyl (C=O) groups excluding carboxylic acids is 1. The first-order valence-electron chi connectivity index (χ1n) is 7.87. The largest absolute Gasteiger partial charge is 0.494 e. The van der Waals surface area contributed by atoms with E-state index >= 15 is 0 Å². The smallest absolute Gasteiger partial charge is 0.236 e. The van der Waals surface area contributed by atoms with Crippen molar-refractivity contribution in [3.63, 3.8) is 0 Å². The molecule has 1 aromatic carbocycles. The van der Waals surface area contributed by atoms with Gasteiger partial charge in [-0.2, -0.15) is 0 Å². The Morgan fingerprint density at radius 2 is 2.19 bits per heavy atom. The molecule has 6 nitrogen and oxygen atoms in total. The molecule has 0 fully saturated rings. The van der Waals surface area contributed by atoms with Crippen LogP contribution in [0.2, 0.25) is 0 Å². The molecule has 0 spiro atoms.